The van der Waals surface area contributed by atoms with Gasteiger partial charge in [0.2, 0.25) is 0 Å². The number of benzene rings is 1. The molecule has 2 rings (SSSR count). The van der Waals surface area contributed by atoms with Gasteiger partial charge in [-0.1, -0.05) is 6.07 Å². The molecule has 0 aromatic heterocycles. The molecular formula is C16H20F3N3O4. The number of ether oxygens (including phenoxy) is 1. The Morgan fingerprint density at radius 3 is 2.54 bits per heavy atom. The normalized spacial score (nSPS) is 17.9. The number of rotatable bonds is 3. The van der Waals surface area contributed by atoms with Crippen LogP contribution in [0.1, 0.15) is 32.8 Å². The van der Waals surface area contributed by atoms with E-state index in [1.54, 1.807) is 20.8 Å². The van der Waals surface area contributed by atoms with Crippen LogP contribution in [0.2, 0.25) is 0 Å². The van der Waals surface area contributed by atoms with Gasteiger partial charge < -0.3 is 15.0 Å². The average molecular weight is 375 g/mol. The van der Waals surface area contributed by atoms with Crippen molar-refractivity contribution in [2.24, 2.45) is 0 Å². The minimum absolute atomic E-state index is 0.183. The van der Waals surface area contributed by atoms with Gasteiger partial charge in [0, 0.05) is 19.1 Å². The molecule has 1 aromatic rings. The third-order valence-electron chi connectivity index (χ3n) is 3.72. The van der Waals surface area contributed by atoms with E-state index in [9.17, 15) is 28.1 Å². The van der Waals surface area contributed by atoms with Crippen LogP contribution in [0, 0.1) is 10.1 Å². The lowest BCUT2D eigenvalue weighted by atomic mass is 10.1. The number of carbonyl (C=O) groups excluding carboxylic acids is 1. The van der Waals surface area contributed by atoms with E-state index in [0.29, 0.717) is 19.0 Å². The minimum Gasteiger partial charge on any atom is -0.444 e. The fourth-order valence-corrected chi connectivity index (χ4v) is 2.68. The van der Waals surface area contributed by atoms with Gasteiger partial charge in [0.15, 0.2) is 0 Å². The molecule has 0 bridgehead atoms. The third-order valence-corrected chi connectivity index (χ3v) is 3.72. The van der Waals surface area contributed by atoms with E-state index in [0.717, 1.165) is 6.07 Å². The standard InChI is InChI=1S/C16H20F3N3O4/c1-15(2,3)26-14(23)21-8-7-10(9-21)20-12-6-4-5-11(16(17,18)19)13(12)22(24)25/h4-6,10,20H,7-9H2,1-3H3. The lowest BCUT2D eigenvalue weighted by Gasteiger charge is -2.24. The van der Waals surface area contributed by atoms with E-state index in [4.69, 9.17) is 4.74 Å². The minimum atomic E-state index is -4.84. The Morgan fingerprint density at radius 1 is 1.35 bits per heavy atom. The smallest absolute Gasteiger partial charge is 0.423 e. The molecule has 1 N–H and O–H groups in total. The Balaban J connectivity index is 2.15. The second kappa shape index (κ2) is 7.00. The molecule has 0 spiro atoms. The van der Waals surface area contributed by atoms with Crippen molar-refractivity contribution in [2.75, 3.05) is 18.4 Å². The van der Waals surface area contributed by atoms with Crippen molar-refractivity contribution in [2.45, 2.75) is 45.0 Å². The number of likely N-dealkylation sites (tertiary alicyclic amines) is 1. The number of nitrogens with zero attached hydrogens (tertiary/aromatic N) is 2. The van der Waals surface area contributed by atoms with Crippen molar-refractivity contribution in [3.05, 3.63) is 33.9 Å². The molecule has 1 aliphatic rings. The SMILES string of the molecule is CC(C)(C)OC(=O)N1CCC(Nc2cccc(C(F)(F)F)c2[N+](=O)[O-])C1. The molecule has 0 radical (unpaired) electrons. The fraction of sp³-hybridized carbons (Fsp3) is 0.562. The maximum Gasteiger partial charge on any atom is 0.423 e. The zero-order valence-corrected chi connectivity index (χ0v) is 14.6. The number of carbonyl (C=O) groups is 1. The highest BCUT2D eigenvalue weighted by Crippen LogP contribution is 2.40. The van der Waals surface area contributed by atoms with Crippen molar-refractivity contribution in [3.63, 3.8) is 0 Å². The van der Waals surface area contributed by atoms with Crippen LogP contribution in [0.3, 0.4) is 0 Å². The summed E-state index contributed by atoms with van der Waals surface area (Å²) in [6, 6.07) is 2.59. The Morgan fingerprint density at radius 2 is 2.00 bits per heavy atom. The summed E-state index contributed by atoms with van der Waals surface area (Å²) in [7, 11) is 0. The molecule has 0 saturated carbocycles. The zero-order valence-electron chi connectivity index (χ0n) is 14.6. The van der Waals surface area contributed by atoms with Crippen molar-refractivity contribution < 1.29 is 27.6 Å². The lowest BCUT2D eigenvalue weighted by Crippen LogP contribution is -2.36. The molecule has 10 heteroatoms. The van der Waals surface area contributed by atoms with Crippen LogP contribution in [0.25, 0.3) is 0 Å². The number of anilines is 1. The van der Waals surface area contributed by atoms with Crippen molar-refractivity contribution in [1.29, 1.82) is 0 Å². The van der Waals surface area contributed by atoms with Gasteiger partial charge >= 0.3 is 18.0 Å². The van der Waals surface area contributed by atoms with Crippen molar-refractivity contribution in [1.82, 2.24) is 4.90 Å². The average Bonchev–Trinajstić information content (AvgIpc) is 2.92. The third kappa shape index (κ3) is 4.77. The molecule has 1 aliphatic heterocycles. The summed E-state index contributed by atoms with van der Waals surface area (Å²) in [6.45, 7) is 5.70. The Labute approximate surface area is 148 Å². The van der Waals surface area contributed by atoms with E-state index < -0.39 is 40.1 Å². The summed E-state index contributed by atoms with van der Waals surface area (Å²) < 4.78 is 44.3. The molecule has 144 valence electrons. The van der Waals surface area contributed by atoms with E-state index in [2.05, 4.69) is 5.32 Å². The van der Waals surface area contributed by atoms with E-state index >= 15 is 0 Å². The number of nitrogens with one attached hydrogen (secondary N) is 1. The highest BCUT2D eigenvalue weighted by atomic mass is 19.4. The molecule has 26 heavy (non-hydrogen) atoms. The van der Waals surface area contributed by atoms with Crippen LogP contribution in [-0.2, 0) is 10.9 Å². The van der Waals surface area contributed by atoms with Gasteiger partial charge in [0.1, 0.15) is 16.9 Å². The highest BCUT2D eigenvalue weighted by molar-refractivity contribution is 5.70. The van der Waals surface area contributed by atoms with Gasteiger partial charge in [-0.15, -0.1) is 0 Å². The number of alkyl halides is 3. The molecule has 1 amide bonds. The molecule has 1 aromatic carbocycles. The maximum absolute atomic E-state index is 13.0. The number of hydrogen-bond donors (Lipinski definition) is 1. The van der Waals surface area contributed by atoms with Crippen LogP contribution in [0.15, 0.2) is 18.2 Å². The number of amides is 1. The fourth-order valence-electron chi connectivity index (χ4n) is 2.68. The van der Waals surface area contributed by atoms with E-state index in [1.807, 2.05) is 0 Å². The predicted octanol–water partition coefficient (Wildman–Crippen LogP) is 4.03. The monoisotopic (exact) mass is 375 g/mol. The summed E-state index contributed by atoms with van der Waals surface area (Å²) >= 11 is 0. The van der Waals surface area contributed by atoms with Crippen LogP contribution in [0.4, 0.5) is 29.3 Å². The van der Waals surface area contributed by atoms with Gasteiger partial charge in [0.25, 0.3) is 0 Å². The molecule has 0 aliphatic carbocycles. The molecule has 7 nitrogen and oxygen atoms in total. The Bertz CT molecular complexity index is 701. The number of nitro groups is 1. The van der Waals surface area contributed by atoms with E-state index in [1.165, 1.54) is 11.0 Å². The van der Waals surface area contributed by atoms with Crippen LogP contribution >= 0.6 is 0 Å². The number of para-hydroxylation sites is 1. The molecule has 1 unspecified atom stereocenters. The summed E-state index contributed by atoms with van der Waals surface area (Å²) in [4.78, 5) is 23.6. The Kier molecular flexibility index (Phi) is 5.33. The second-order valence-electron chi connectivity index (χ2n) is 7.01. The first-order chi connectivity index (χ1) is 11.9. The van der Waals surface area contributed by atoms with Gasteiger partial charge in [-0.25, -0.2) is 4.79 Å². The number of hydrogen-bond acceptors (Lipinski definition) is 5. The van der Waals surface area contributed by atoms with Gasteiger partial charge in [-0.3, -0.25) is 10.1 Å². The van der Waals surface area contributed by atoms with E-state index in [-0.39, 0.29) is 12.2 Å². The first-order valence-corrected chi connectivity index (χ1v) is 7.97. The Hall–Kier alpha value is -2.52. The van der Waals surface area contributed by atoms with Crippen LogP contribution < -0.4 is 5.32 Å². The highest BCUT2D eigenvalue weighted by Gasteiger charge is 2.40. The maximum atomic E-state index is 13.0. The first kappa shape index (κ1) is 19.8. The summed E-state index contributed by atoms with van der Waals surface area (Å²) in [6.07, 6.45) is -4.93. The topological polar surface area (TPSA) is 84.7 Å². The van der Waals surface area contributed by atoms with Crippen LogP contribution in [0.5, 0.6) is 0 Å². The molecule has 1 fully saturated rings. The zero-order chi connectivity index (χ0) is 19.7. The van der Waals surface area contributed by atoms with Crippen molar-refractivity contribution in [3.8, 4) is 0 Å². The first-order valence-electron chi connectivity index (χ1n) is 7.97. The quantitative estimate of drug-likeness (QED) is 0.637. The second-order valence-corrected chi connectivity index (χ2v) is 7.01. The van der Waals surface area contributed by atoms with Gasteiger partial charge in [-0.05, 0) is 39.3 Å². The molecule has 1 heterocycles. The van der Waals surface area contributed by atoms with Crippen molar-refractivity contribution >= 4 is 17.5 Å². The molecule has 1 atom stereocenters. The summed E-state index contributed by atoms with van der Waals surface area (Å²) in [5.74, 6) is 0. The van der Waals surface area contributed by atoms with Gasteiger partial charge in [0.05, 0.1) is 4.92 Å². The lowest BCUT2D eigenvalue weighted by molar-refractivity contribution is -0.387. The van der Waals surface area contributed by atoms with Crippen LogP contribution in [-0.4, -0.2) is 40.6 Å². The molecule has 1 saturated heterocycles. The largest absolute Gasteiger partial charge is 0.444 e. The number of nitro benzene ring substituents is 1. The summed E-state index contributed by atoms with van der Waals surface area (Å²) in [5.41, 5.74) is -3.21. The predicted molar refractivity (Wildman–Crippen MR) is 87.9 cm³/mol. The number of halogens is 3. The summed E-state index contributed by atoms with van der Waals surface area (Å²) in [5, 5.41) is 13.9. The van der Waals surface area contributed by atoms with Gasteiger partial charge in [-0.2, -0.15) is 13.2 Å². The molecular weight excluding hydrogens is 355 g/mol.